The van der Waals surface area contributed by atoms with Crippen molar-refractivity contribution in [3.63, 3.8) is 0 Å². The van der Waals surface area contributed by atoms with Gasteiger partial charge in [-0.25, -0.2) is 0 Å². The van der Waals surface area contributed by atoms with Crippen LogP contribution in [0.4, 0.5) is 13.2 Å². The molecule has 0 aliphatic rings. The van der Waals surface area contributed by atoms with Crippen LogP contribution in [0.15, 0.2) is 24.5 Å². The first kappa shape index (κ1) is 13.6. The molecule has 2 rings (SSSR count). The Morgan fingerprint density at radius 1 is 1.21 bits per heavy atom. The summed E-state index contributed by atoms with van der Waals surface area (Å²) in [5.41, 5.74) is 0.0820. The zero-order valence-electron chi connectivity index (χ0n) is 10.9. The van der Waals surface area contributed by atoms with Gasteiger partial charge in [0.25, 0.3) is 0 Å². The molecule has 0 spiro atoms. The summed E-state index contributed by atoms with van der Waals surface area (Å²) in [6.07, 6.45) is -1.93. The Balaban J connectivity index is 2.65. The molecule has 0 unspecified atom stereocenters. The van der Waals surface area contributed by atoms with Gasteiger partial charge in [-0.15, -0.1) is 0 Å². The fourth-order valence-corrected chi connectivity index (χ4v) is 1.77. The van der Waals surface area contributed by atoms with Crippen molar-refractivity contribution < 1.29 is 13.2 Å². The third-order valence-corrected chi connectivity index (χ3v) is 2.80. The van der Waals surface area contributed by atoms with Crippen LogP contribution in [0.3, 0.4) is 0 Å². The maximum Gasteiger partial charge on any atom is 0.420 e. The molecule has 0 aliphatic heterocycles. The van der Waals surface area contributed by atoms with Crippen molar-refractivity contribution in [3.05, 3.63) is 35.7 Å². The summed E-state index contributed by atoms with van der Waals surface area (Å²) < 4.78 is 40.5. The normalized spacial score (nSPS) is 12.2. The van der Waals surface area contributed by atoms with Gasteiger partial charge in [-0.1, -0.05) is 6.07 Å². The van der Waals surface area contributed by atoms with Crippen molar-refractivity contribution in [2.24, 2.45) is 0 Å². The smallest absolute Gasteiger partial charge is 0.269 e. The number of hydrogen-bond donors (Lipinski definition) is 0. The lowest BCUT2D eigenvalue weighted by Crippen LogP contribution is -2.06. The van der Waals surface area contributed by atoms with Crippen LogP contribution in [0.5, 0.6) is 0 Å². The van der Waals surface area contributed by atoms with E-state index >= 15 is 0 Å². The van der Waals surface area contributed by atoms with Gasteiger partial charge in [-0.05, 0) is 32.4 Å². The Kier molecular flexibility index (Phi) is 3.34. The van der Waals surface area contributed by atoms with E-state index in [2.05, 4.69) is 10.1 Å². The number of nitrogens with zero attached hydrogens (tertiary/aromatic N) is 3. The average molecular weight is 269 g/mol. The van der Waals surface area contributed by atoms with Gasteiger partial charge in [0.1, 0.15) is 11.3 Å². The summed E-state index contributed by atoms with van der Waals surface area (Å²) >= 11 is 0. The molecule has 0 atom stereocenters. The van der Waals surface area contributed by atoms with Gasteiger partial charge in [0.2, 0.25) is 0 Å². The molecule has 0 bridgehead atoms. The first-order chi connectivity index (χ1) is 8.80. The monoisotopic (exact) mass is 269 g/mol. The molecule has 0 fully saturated rings. The minimum absolute atomic E-state index is 0.112. The SMILES string of the molecule is Cc1cccnc1-c1nn(C(C)C)cc1C(F)(F)F. The maximum absolute atomic E-state index is 13.1. The van der Waals surface area contributed by atoms with E-state index in [1.165, 1.54) is 10.9 Å². The number of halogens is 3. The molecular weight excluding hydrogens is 255 g/mol. The van der Waals surface area contributed by atoms with Crippen LogP contribution in [0.2, 0.25) is 0 Å². The van der Waals surface area contributed by atoms with E-state index in [9.17, 15) is 13.2 Å². The Hall–Kier alpha value is -1.85. The molecule has 3 nitrogen and oxygen atoms in total. The number of pyridine rings is 1. The highest BCUT2D eigenvalue weighted by Crippen LogP contribution is 2.37. The molecule has 19 heavy (non-hydrogen) atoms. The van der Waals surface area contributed by atoms with E-state index in [-0.39, 0.29) is 17.4 Å². The average Bonchev–Trinajstić information content (AvgIpc) is 2.74. The number of hydrogen-bond acceptors (Lipinski definition) is 2. The van der Waals surface area contributed by atoms with Crippen LogP contribution in [0, 0.1) is 6.92 Å². The van der Waals surface area contributed by atoms with Crippen LogP contribution < -0.4 is 0 Å². The Bertz CT molecular complexity index is 585. The van der Waals surface area contributed by atoms with Crippen molar-refractivity contribution in [1.29, 1.82) is 0 Å². The molecule has 0 aromatic carbocycles. The van der Waals surface area contributed by atoms with Gasteiger partial charge < -0.3 is 0 Å². The molecule has 6 heteroatoms. The van der Waals surface area contributed by atoms with Gasteiger partial charge in [0.05, 0.1) is 5.69 Å². The van der Waals surface area contributed by atoms with Crippen molar-refractivity contribution in [2.45, 2.75) is 33.0 Å². The van der Waals surface area contributed by atoms with Crippen LogP contribution in [-0.2, 0) is 6.18 Å². The quantitative estimate of drug-likeness (QED) is 0.829. The first-order valence-electron chi connectivity index (χ1n) is 5.89. The third-order valence-electron chi connectivity index (χ3n) is 2.80. The summed E-state index contributed by atoms with van der Waals surface area (Å²) in [6, 6.07) is 3.27. The summed E-state index contributed by atoms with van der Waals surface area (Å²) in [5, 5.41) is 4.04. The lowest BCUT2D eigenvalue weighted by atomic mass is 10.1. The maximum atomic E-state index is 13.1. The van der Waals surface area contributed by atoms with Gasteiger partial charge in [-0.3, -0.25) is 9.67 Å². The molecule has 102 valence electrons. The Morgan fingerprint density at radius 2 is 1.89 bits per heavy atom. The zero-order chi connectivity index (χ0) is 14.2. The summed E-state index contributed by atoms with van der Waals surface area (Å²) in [6.45, 7) is 5.28. The lowest BCUT2D eigenvalue weighted by molar-refractivity contribution is -0.137. The van der Waals surface area contributed by atoms with Crippen molar-refractivity contribution in [1.82, 2.24) is 14.8 Å². The standard InChI is InChI=1S/C13H14F3N3/c1-8(2)19-7-10(13(14,15)16)12(18-19)11-9(3)5-4-6-17-11/h4-8H,1-3H3. The largest absolute Gasteiger partial charge is 0.420 e. The number of aryl methyl sites for hydroxylation is 1. The molecule has 0 amide bonds. The predicted octanol–water partition coefficient (Wildman–Crippen LogP) is 3.85. The summed E-state index contributed by atoms with van der Waals surface area (Å²) in [4.78, 5) is 4.02. The van der Waals surface area contributed by atoms with Crippen LogP contribution in [0.1, 0.15) is 31.0 Å². The van der Waals surface area contributed by atoms with E-state index in [1.54, 1.807) is 32.9 Å². The Labute approximate surface area is 109 Å². The van der Waals surface area contributed by atoms with E-state index in [0.717, 1.165) is 6.20 Å². The van der Waals surface area contributed by atoms with Crippen molar-refractivity contribution in [3.8, 4) is 11.4 Å². The van der Waals surface area contributed by atoms with Crippen LogP contribution in [-0.4, -0.2) is 14.8 Å². The molecule has 2 aromatic heterocycles. The zero-order valence-corrected chi connectivity index (χ0v) is 10.9. The highest BCUT2D eigenvalue weighted by atomic mass is 19.4. The highest BCUT2D eigenvalue weighted by molar-refractivity contribution is 5.62. The number of alkyl halides is 3. The predicted molar refractivity (Wildman–Crippen MR) is 65.6 cm³/mol. The molecule has 2 aromatic rings. The van der Waals surface area contributed by atoms with E-state index < -0.39 is 11.7 Å². The highest BCUT2D eigenvalue weighted by Gasteiger charge is 2.37. The second-order valence-corrected chi connectivity index (χ2v) is 4.63. The van der Waals surface area contributed by atoms with E-state index in [1.807, 2.05) is 0 Å². The fraction of sp³-hybridized carbons (Fsp3) is 0.385. The van der Waals surface area contributed by atoms with Crippen molar-refractivity contribution in [2.75, 3.05) is 0 Å². The summed E-state index contributed by atoms with van der Waals surface area (Å²) in [7, 11) is 0. The molecule has 0 N–H and O–H groups in total. The molecule has 0 saturated carbocycles. The third kappa shape index (κ3) is 2.62. The van der Waals surface area contributed by atoms with E-state index in [0.29, 0.717) is 5.56 Å². The summed E-state index contributed by atoms with van der Waals surface area (Å²) in [5.74, 6) is 0. The molecule has 0 saturated heterocycles. The van der Waals surface area contributed by atoms with Gasteiger partial charge in [-0.2, -0.15) is 18.3 Å². The second-order valence-electron chi connectivity index (χ2n) is 4.63. The topological polar surface area (TPSA) is 30.7 Å². The number of rotatable bonds is 2. The molecular formula is C13H14F3N3. The van der Waals surface area contributed by atoms with Crippen LogP contribution in [0.25, 0.3) is 11.4 Å². The van der Waals surface area contributed by atoms with Crippen LogP contribution >= 0.6 is 0 Å². The molecule has 0 aliphatic carbocycles. The van der Waals surface area contributed by atoms with Gasteiger partial charge >= 0.3 is 6.18 Å². The first-order valence-corrected chi connectivity index (χ1v) is 5.89. The minimum atomic E-state index is -4.44. The van der Waals surface area contributed by atoms with E-state index in [4.69, 9.17) is 0 Å². The molecule has 2 heterocycles. The van der Waals surface area contributed by atoms with Gasteiger partial charge in [0.15, 0.2) is 0 Å². The van der Waals surface area contributed by atoms with Crippen molar-refractivity contribution >= 4 is 0 Å². The minimum Gasteiger partial charge on any atom is -0.269 e. The lowest BCUT2D eigenvalue weighted by Gasteiger charge is -2.07. The fourth-order valence-electron chi connectivity index (χ4n) is 1.77. The molecule has 0 radical (unpaired) electrons. The number of aromatic nitrogens is 3. The second kappa shape index (κ2) is 4.68. The van der Waals surface area contributed by atoms with Gasteiger partial charge in [0, 0.05) is 18.4 Å². The Morgan fingerprint density at radius 3 is 2.42 bits per heavy atom.